The van der Waals surface area contributed by atoms with Gasteiger partial charge in [-0.15, -0.1) is 0 Å². The first-order valence-electron chi connectivity index (χ1n) is 39.3. The number of amides is 1. The minimum Gasteiger partial charge on any atom is -0.466 e. The summed E-state index contributed by atoms with van der Waals surface area (Å²) in [5.41, 5.74) is 0. The molecule has 0 aliphatic carbocycles. The van der Waals surface area contributed by atoms with Crippen molar-refractivity contribution in [2.75, 3.05) is 13.2 Å². The summed E-state index contributed by atoms with van der Waals surface area (Å²) in [7, 11) is 0. The van der Waals surface area contributed by atoms with Gasteiger partial charge < -0.3 is 20.3 Å². The first kappa shape index (κ1) is 82.9. The summed E-state index contributed by atoms with van der Waals surface area (Å²) in [4.78, 5) is 24.7. The van der Waals surface area contributed by atoms with E-state index in [0.717, 1.165) is 38.5 Å². The lowest BCUT2D eigenvalue weighted by Crippen LogP contribution is -2.45. The molecule has 0 aliphatic heterocycles. The van der Waals surface area contributed by atoms with Gasteiger partial charge in [-0.2, -0.15) is 0 Å². The van der Waals surface area contributed by atoms with E-state index in [0.29, 0.717) is 25.9 Å². The van der Waals surface area contributed by atoms with Crippen LogP contribution in [0.1, 0.15) is 463 Å². The van der Waals surface area contributed by atoms with Gasteiger partial charge in [0.2, 0.25) is 5.91 Å². The zero-order chi connectivity index (χ0) is 60.6. The highest BCUT2D eigenvalue weighted by atomic mass is 16.5. The van der Waals surface area contributed by atoms with Crippen molar-refractivity contribution >= 4 is 11.9 Å². The van der Waals surface area contributed by atoms with Crippen LogP contribution in [0.5, 0.6) is 0 Å². The fraction of sp³-hybridized carbons (Fsp3) is 0.974. The number of ether oxygens (including phenoxy) is 1. The summed E-state index contributed by atoms with van der Waals surface area (Å²) in [5, 5.41) is 23.4. The first-order chi connectivity index (χ1) is 41.5. The first-order valence-corrected chi connectivity index (χ1v) is 39.3. The largest absolute Gasteiger partial charge is 0.466 e. The Morgan fingerprint density at radius 2 is 0.488 bits per heavy atom. The lowest BCUT2D eigenvalue weighted by Gasteiger charge is -2.22. The van der Waals surface area contributed by atoms with E-state index in [1.54, 1.807) is 0 Å². The molecular formula is C78H155NO5. The molecule has 0 aliphatic rings. The second-order valence-corrected chi connectivity index (χ2v) is 27.4. The Bertz CT molecular complexity index is 1230. The van der Waals surface area contributed by atoms with Gasteiger partial charge in [-0.3, -0.25) is 9.59 Å². The molecule has 0 saturated heterocycles. The molecule has 0 fully saturated rings. The number of hydrogen-bond acceptors (Lipinski definition) is 5. The van der Waals surface area contributed by atoms with Gasteiger partial charge in [0.25, 0.3) is 0 Å². The smallest absolute Gasteiger partial charge is 0.305 e. The third-order valence-corrected chi connectivity index (χ3v) is 18.9. The molecule has 6 heteroatoms. The number of esters is 1. The molecular weight excluding hydrogens is 1030 g/mol. The van der Waals surface area contributed by atoms with Gasteiger partial charge >= 0.3 is 5.97 Å². The molecule has 0 aromatic rings. The zero-order valence-corrected chi connectivity index (χ0v) is 57.7. The molecule has 0 radical (unpaired) electrons. The van der Waals surface area contributed by atoms with Crippen molar-refractivity contribution in [3.63, 3.8) is 0 Å². The van der Waals surface area contributed by atoms with Crippen LogP contribution in [0.2, 0.25) is 0 Å². The number of rotatable bonds is 75. The highest BCUT2D eigenvalue weighted by molar-refractivity contribution is 5.76. The van der Waals surface area contributed by atoms with Crippen LogP contribution in [0.25, 0.3) is 0 Å². The summed E-state index contributed by atoms with van der Waals surface area (Å²) >= 11 is 0. The van der Waals surface area contributed by atoms with Crippen molar-refractivity contribution in [1.29, 1.82) is 0 Å². The Labute approximate surface area is 527 Å². The fourth-order valence-corrected chi connectivity index (χ4v) is 12.9. The quantitative estimate of drug-likeness (QED) is 0.0417. The van der Waals surface area contributed by atoms with Crippen LogP contribution in [0.15, 0.2) is 0 Å². The van der Waals surface area contributed by atoms with Gasteiger partial charge in [-0.25, -0.2) is 0 Å². The van der Waals surface area contributed by atoms with Gasteiger partial charge in [0, 0.05) is 12.8 Å². The zero-order valence-electron chi connectivity index (χ0n) is 57.7. The van der Waals surface area contributed by atoms with Gasteiger partial charge in [0.1, 0.15) is 0 Å². The SMILES string of the molecule is CCCCCCCCCCCCCCCCCCCCCC(=O)OCCCCCCCCCCCCCCCCCCCCCCCCCCCCCCCC(=O)NC(CO)C(O)CCCCCCCCCCCCCCCCCCCCC. The predicted molar refractivity (Wildman–Crippen MR) is 371 cm³/mol. The third-order valence-electron chi connectivity index (χ3n) is 18.9. The summed E-state index contributed by atoms with van der Waals surface area (Å²) < 4.78 is 5.52. The van der Waals surface area contributed by atoms with Crippen LogP contribution in [0.4, 0.5) is 0 Å². The Balaban J connectivity index is 3.31. The van der Waals surface area contributed by atoms with Gasteiger partial charge in [0.05, 0.1) is 25.4 Å². The van der Waals surface area contributed by atoms with Crippen LogP contribution in [0, 0.1) is 0 Å². The number of nitrogens with one attached hydrogen (secondary N) is 1. The average molecular weight is 1190 g/mol. The van der Waals surface area contributed by atoms with E-state index in [9.17, 15) is 19.8 Å². The van der Waals surface area contributed by atoms with Crippen molar-refractivity contribution in [3.05, 3.63) is 0 Å². The molecule has 2 unspecified atom stereocenters. The Morgan fingerprint density at radius 3 is 0.726 bits per heavy atom. The maximum absolute atomic E-state index is 12.6. The number of carbonyl (C=O) groups is 2. The topological polar surface area (TPSA) is 95.9 Å². The molecule has 84 heavy (non-hydrogen) atoms. The second kappa shape index (κ2) is 74.3. The Hall–Kier alpha value is -1.14. The normalized spacial score (nSPS) is 12.4. The summed E-state index contributed by atoms with van der Waals surface area (Å²) in [6.07, 6.45) is 91.9. The van der Waals surface area contributed by atoms with Crippen LogP contribution in [0.3, 0.4) is 0 Å². The summed E-state index contributed by atoms with van der Waals surface area (Å²) in [6.45, 7) is 5.02. The van der Waals surface area contributed by atoms with E-state index in [-0.39, 0.29) is 18.5 Å². The Morgan fingerprint density at radius 1 is 0.286 bits per heavy atom. The molecule has 6 nitrogen and oxygen atoms in total. The van der Waals surface area contributed by atoms with E-state index in [2.05, 4.69) is 19.2 Å². The van der Waals surface area contributed by atoms with Crippen LogP contribution < -0.4 is 5.32 Å². The molecule has 502 valence electrons. The highest BCUT2D eigenvalue weighted by Gasteiger charge is 2.20. The van der Waals surface area contributed by atoms with Crippen LogP contribution in [-0.2, 0) is 14.3 Å². The third kappa shape index (κ3) is 70.0. The highest BCUT2D eigenvalue weighted by Crippen LogP contribution is 2.21. The monoisotopic (exact) mass is 1190 g/mol. The molecule has 0 rings (SSSR count). The van der Waals surface area contributed by atoms with Gasteiger partial charge in [-0.1, -0.05) is 425 Å². The lowest BCUT2D eigenvalue weighted by molar-refractivity contribution is -0.143. The molecule has 0 bridgehead atoms. The maximum Gasteiger partial charge on any atom is 0.305 e. The number of aliphatic hydroxyl groups is 2. The van der Waals surface area contributed by atoms with E-state index < -0.39 is 12.1 Å². The minimum absolute atomic E-state index is 0.0258. The molecule has 0 heterocycles. The second-order valence-electron chi connectivity index (χ2n) is 27.4. The average Bonchev–Trinajstić information content (AvgIpc) is 3.51. The fourth-order valence-electron chi connectivity index (χ4n) is 12.9. The van der Waals surface area contributed by atoms with Crippen molar-refractivity contribution in [1.82, 2.24) is 5.32 Å². The minimum atomic E-state index is -0.662. The molecule has 3 N–H and O–H groups in total. The Kier molecular flexibility index (Phi) is 73.3. The van der Waals surface area contributed by atoms with Crippen molar-refractivity contribution < 1.29 is 24.5 Å². The van der Waals surface area contributed by atoms with Crippen molar-refractivity contribution in [3.8, 4) is 0 Å². The van der Waals surface area contributed by atoms with Gasteiger partial charge in [-0.05, 0) is 25.7 Å². The van der Waals surface area contributed by atoms with E-state index in [4.69, 9.17) is 4.74 Å². The number of unbranched alkanes of at least 4 members (excludes halogenated alkanes) is 64. The molecule has 2 atom stereocenters. The maximum atomic E-state index is 12.6. The summed E-state index contributed by atoms with van der Waals surface area (Å²) in [6, 6.07) is -0.538. The molecule has 0 spiro atoms. The van der Waals surface area contributed by atoms with E-state index >= 15 is 0 Å². The van der Waals surface area contributed by atoms with E-state index in [1.165, 1.54) is 392 Å². The molecule has 1 amide bonds. The standard InChI is InChI=1S/C78H155NO5/c1-3-5-7-9-11-13-15-17-19-21-34-38-42-46-50-54-58-62-66-70-76(81)75(74-80)79-77(82)71-67-63-59-55-51-47-43-39-36-32-30-28-26-24-23-25-27-29-31-33-37-41-45-49-53-57-61-65-69-73-84-78(83)72-68-64-60-56-52-48-44-40-35-22-20-18-16-14-12-10-8-6-4-2/h75-76,80-81H,3-74H2,1-2H3,(H,79,82). The van der Waals surface area contributed by atoms with Crippen molar-refractivity contribution in [2.24, 2.45) is 0 Å². The van der Waals surface area contributed by atoms with Crippen LogP contribution >= 0.6 is 0 Å². The molecule has 0 saturated carbocycles. The van der Waals surface area contributed by atoms with E-state index in [1.807, 2.05) is 0 Å². The summed E-state index contributed by atoms with van der Waals surface area (Å²) in [5.74, 6) is 0.0000893. The predicted octanol–water partition coefficient (Wildman–Crippen LogP) is 25.7. The molecule has 0 aromatic heterocycles. The number of hydrogen-bond donors (Lipinski definition) is 3. The number of carbonyl (C=O) groups excluding carboxylic acids is 2. The van der Waals surface area contributed by atoms with Crippen LogP contribution in [-0.4, -0.2) is 47.4 Å². The number of aliphatic hydroxyl groups excluding tert-OH is 2. The molecule has 0 aromatic carbocycles. The van der Waals surface area contributed by atoms with Gasteiger partial charge in [0.15, 0.2) is 0 Å². The lowest BCUT2D eigenvalue weighted by atomic mass is 10.0. The van der Waals surface area contributed by atoms with Crippen molar-refractivity contribution in [2.45, 2.75) is 475 Å².